The smallest absolute Gasteiger partial charge is 0.179 e. The molecule has 0 unspecified atom stereocenters. The summed E-state index contributed by atoms with van der Waals surface area (Å²) in [7, 11) is 0. The molecule has 0 saturated carbocycles. The summed E-state index contributed by atoms with van der Waals surface area (Å²) in [6.45, 7) is 1.98. The Bertz CT molecular complexity index is 732. The fourth-order valence-corrected chi connectivity index (χ4v) is 1.91. The predicted molar refractivity (Wildman–Crippen MR) is 77.5 cm³/mol. The Morgan fingerprint density at radius 3 is 2.75 bits per heavy atom. The summed E-state index contributed by atoms with van der Waals surface area (Å²) < 4.78 is 0. The molecule has 20 heavy (non-hydrogen) atoms. The molecule has 0 bridgehead atoms. The predicted octanol–water partition coefficient (Wildman–Crippen LogP) is 2.74. The average Bonchev–Trinajstić information content (AvgIpc) is 3.00. The minimum Gasteiger partial charge on any atom is -0.254 e. The van der Waals surface area contributed by atoms with Crippen LogP contribution in [0.2, 0.25) is 0 Å². The maximum atomic E-state index is 4.44. The van der Waals surface area contributed by atoms with Gasteiger partial charge in [-0.25, -0.2) is 5.10 Å². The lowest BCUT2D eigenvalue weighted by Gasteiger charge is -1.98. The number of hydrogen-bond donors (Lipinski definition) is 1. The van der Waals surface area contributed by atoms with Crippen LogP contribution in [0.3, 0.4) is 0 Å². The van der Waals surface area contributed by atoms with Crippen molar-refractivity contribution >= 4 is 12.2 Å². The van der Waals surface area contributed by atoms with Crippen molar-refractivity contribution in [2.45, 2.75) is 6.92 Å². The van der Waals surface area contributed by atoms with E-state index in [1.54, 1.807) is 0 Å². The number of H-pyrrole nitrogens is 1. The van der Waals surface area contributed by atoms with Gasteiger partial charge in [-0.2, -0.15) is 0 Å². The first-order valence-corrected chi connectivity index (χ1v) is 6.27. The lowest BCUT2D eigenvalue weighted by Crippen LogP contribution is -1.84. The zero-order chi connectivity index (χ0) is 13.8. The molecule has 0 spiro atoms. The summed E-state index contributed by atoms with van der Waals surface area (Å²) in [5.74, 6) is 0.661. The van der Waals surface area contributed by atoms with Crippen molar-refractivity contribution < 1.29 is 0 Å². The number of rotatable bonds is 3. The molecule has 0 atom stereocenters. The zero-order valence-electron chi connectivity index (χ0n) is 11.0. The van der Waals surface area contributed by atoms with Crippen LogP contribution in [0.25, 0.3) is 23.5 Å². The van der Waals surface area contributed by atoms with Gasteiger partial charge in [0.2, 0.25) is 0 Å². The van der Waals surface area contributed by atoms with E-state index in [-0.39, 0.29) is 0 Å². The van der Waals surface area contributed by atoms with E-state index in [0.717, 1.165) is 22.5 Å². The maximum Gasteiger partial charge on any atom is 0.179 e. The number of aromatic amines is 1. The van der Waals surface area contributed by atoms with Gasteiger partial charge in [-0.05, 0) is 47.2 Å². The molecule has 0 aliphatic heterocycles. The summed E-state index contributed by atoms with van der Waals surface area (Å²) in [5.41, 5.74) is 3.97. The maximum absolute atomic E-state index is 4.44. The second-order valence-corrected chi connectivity index (χ2v) is 4.41. The molecule has 3 rings (SSSR count). The zero-order valence-corrected chi connectivity index (χ0v) is 11.0. The molecule has 3 aromatic rings. The highest BCUT2D eigenvalue weighted by atomic mass is 15.5. The van der Waals surface area contributed by atoms with Crippen LogP contribution in [0, 0.1) is 6.92 Å². The number of nitrogens with one attached hydrogen (secondary N) is 1. The van der Waals surface area contributed by atoms with Gasteiger partial charge in [0.15, 0.2) is 5.82 Å². The molecule has 1 N–H and O–H groups in total. The molecule has 0 saturated heterocycles. The van der Waals surface area contributed by atoms with E-state index < -0.39 is 0 Å². The van der Waals surface area contributed by atoms with E-state index in [9.17, 15) is 0 Å². The van der Waals surface area contributed by atoms with E-state index in [1.807, 2.05) is 61.5 Å². The van der Waals surface area contributed by atoms with Crippen LogP contribution in [0.1, 0.15) is 17.0 Å². The van der Waals surface area contributed by atoms with Crippen LogP contribution in [0.15, 0.2) is 42.5 Å². The Morgan fingerprint density at radius 2 is 1.95 bits per heavy atom. The number of aromatic nitrogens is 5. The highest BCUT2D eigenvalue weighted by Crippen LogP contribution is 2.16. The fourth-order valence-electron chi connectivity index (χ4n) is 1.91. The van der Waals surface area contributed by atoms with Crippen LogP contribution < -0.4 is 0 Å². The first kappa shape index (κ1) is 12.2. The summed E-state index contributed by atoms with van der Waals surface area (Å²) >= 11 is 0. The van der Waals surface area contributed by atoms with Crippen molar-refractivity contribution in [3.05, 3.63) is 59.4 Å². The highest BCUT2D eigenvalue weighted by Gasteiger charge is 2.01. The first-order valence-electron chi connectivity index (χ1n) is 6.27. The Hall–Kier alpha value is -2.82. The minimum atomic E-state index is 0.661. The molecule has 5 nitrogen and oxygen atoms in total. The van der Waals surface area contributed by atoms with E-state index in [4.69, 9.17) is 0 Å². The fraction of sp³-hybridized carbons (Fsp3) is 0.0667. The second-order valence-electron chi connectivity index (χ2n) is 4.41. The van der Waals surface area contributed by atoms with Gasteiger partial charge in [-0.15, -0.1) is 5.10 Å². The topological polar surface area (TPSA) is 67.3 Å². The minimum absolute atomic E-state index is 0.661. The van der Waals surface area contributed by atoms with Gasteiger partial charge in [-0.3, -0.25) is 4.98 Å². The van der Waals surface area contributed by atoms with Crippen molar-refractivity contribution in [1.29, 1.82) is 0 Å². The Morgan fingerprint density at radius 1 is 1.05 bits per heavy atom. The quantitative estimate of drug-likeness (QED) is 0.789. The van der Waals surface area contributed by atoms with Crippen molar-refractivity contribution in [2.24, 2.45) is 0 Å². The normalized spacial score (nSPS) is 11.1. The molecule has 0 aliphatic rings. The van der Waals surface area contributed by atoms with Gasteiger partial charge >= 0.3 is 0 Å². The van der Waals surface area contributed by atoms with Crippen LogP contribution in [-0.4, -0.2) is 25.6 Å². The van der Waals surface area contributed by atoms with Gasteiger partial charge < -0.3 is 0 Å². The summed E-state index contributed by atoms with van der Waals surface area (Å²) in [6, 6.07) is 13.9. The van der Waals surface area contributed by atoms with Gasteiger partial charge in [0.05, 0.1) is 5.69 Å². The monoisotopic (exact) mass is 263 g/mol. The molecular formula is C15H13N5. The summed E-state index contributed by atoms with van der Waals surface area (Å²) in [5, 5.41) is 13.8. The van der Waals surface area contributed by atoms with Gasteiger partial charge in [0, 0.05) is 11.3 Å². The molecule has 5 heteroatoms. The molecule has 2 heterocycles. The summed E-state index contributed by atoms with van der Waals surface area (Å²) in [6.07, 6.45) is 4.01. The van der Waals surface area contributed by atoms with Crippen LogP contribution in [0.5, 0.6) is 0 Å². The number of hydrogen-bond acceptors (Lipinski definition) is 4. The van der Waals surface area contributed by atoms with Gasteiger partial charge in [0.25, 0.3) is 0 Å². The third kappa shape index (κ3) is 2.77. The van der Waals surface area contributed by atoms with Crippen LogP contribution >= 0.6 is 0 Å². The lowest BCUT2D eigenvalue weighted by molar-refractivity contribution is 0.881. The molecule has 1 aromatic carbocycles. The number of nitrogens with zero attached hydrogens (tertiary/aromatic N) is 4. The second kappa shape index (κ2) is 5.44. The number of benzene rings is 1. The van der Waals surface area contributed by atoms with Crippen LogP contribution in [-0.2, 0) is 0 Å². The standard InChI is InChI=1S/C15H13N5/c1-11-4-2-7-14(16-11)9-8-12-5-3-6-13(10-12)15-17-19-20-18-15/h2-10H,1H3,(H,17,18,19,20)/b9-8+. The third-order valence-corrected chi connectivity index (χ3v) is 2.86. The largest absolute Gasteiger partial charge is 0.254 e. The molecule has 0 radical (unpaired) electrons. The first-order chi connectivity index (χ1) is 9.81. The Kier molecular flexibility index (Phi) is 3.33. The molecular weight excluding hydrogens is 250 g/mol. The van der Waals surface area contributed by atoms with Crippen molar-refractivity contribution in [2.75, 3.05) is 0 Å². The van der Waals surface area contributed by atoms with Crippen molar-refractivity contribution in [3.8, 4) is 11.4 Å². The van der Waals surface area contributed by atoms with Crippen molar-refractivity contribution in [1.82, 2.24) is 25.6 Å². The molecule has 98 valence electrons. The number of tetrazole rings is 1. The third-order valence-electron chi connectivity index (χ3n) is 2.86. The SMILES string of the molecule is Cc1cccc(/C=C/c2cccc(-c3nnn[nH]3)c2)n1. The molecule has 0 amide bonds. The molecule has 0 fully saturated rings. The van der Waals surface area contributed by atoms with E-state index in [2.05, 4.69) is 25.6 Å². The highest BCUT2D eigenvalue weighted by molar-refractivity contribution is 5.70. The van der Waals surface area contributed by atoms with E-state index >= 15 is 0 Å². The van der Waals surface area contributed by atoms with E-state index in [0.29, 0.717) is 5.82 Å². The number of aryl methyl sites for hydroxylation is 1. The van der Waals surface area contributed by atoms with Crippen LogP contribution in [0.4, 0.5) is 0 Å². The van der Waals surface area contributed by atoms with Gasteiger partial charge in [-0.1, -0.05) is 30.3 Å². The van der Waals surface area contributed by atoms with E-state index in [1.165, 1.54) is 0 Å². The van der Waals surface area contributed by atoms with Gasteiger partial charge in [0.1, 0.15) is 0 Å². The Balaban J connectivity index is 1.86. The average molecular weight is 263 g/mol. The number of pyridine rings is 1. The lowest BCUT2D eigenvalue weighted by atomic mass is 10.1. The summed E-state index contributed by atoms with van der Waals surface area (Å²) in [4.78, 5) is 4.44. The Labute approximate surface area is 116 Å². The van der Waals surface area contributed by atoms with Crippen molar-refractivity contribution in [3.63, 3.8) is 0 Å². The molecule has 2 aromatic heterocycles. The molecule has 0 aliphatic carbocycles.